The van der Waals surface area contributed by atoms with Crippen LogP contribution in [0.25, 0.3) is 21.5 Å². The van der Waals surface area contributed by atoms with Crippen molar-refractivity contribution < 1.29 is 9.84 Å². The predicted octanol–water partition coefficient (Wildman–Crippen LogP) is 5.58. The monoisotopic (exact) mass is 451 g/mol. The van der Waals surface area contributed by atoms with Gasteiger partial charge in [0.1, 0.15) is 11.5 Å². The Morgan fingerprint density at radius 1 is 1.19 bits per heavy atom. The average Bonchev–Trinajstić information content (AvgIpc) is 3.40. The van der Waals surface area contributed by atoms with E-state index in [1.54, 1.807) is 17.5 Å². The predicted molar refractivity (Wildman–Crippen MR) is 129 cm³/mol. The number of anilines is 1. The summed E-state index contributed by atoms with van der Waals surface area (Å²) in [4.78, 5) is 9.11. The van der Waals surface area contributed by atoms with Crippen molar-refractivity contribution in [2.24, 2.45) is 5.92 Å². The van der Waals surface area contributed by atoms with Gasteiger partial charge in [0.25, 0.3) is 0 Å². The van der Waals surface area contributed by atoms with E-state index in [0.717, 1.165) is 57.5 Å². The minimum atomic E-state index is 0.00297. The number of aromatic nitrogens is 4. The zero-order chi connectivity index (χ0) is 22.5. The molecule has 2 N–H and O–H groups in total. The molecule has 0 saturated carbocycles. The second-order valence-electron chi connectivity index (χ2n) is 8.27. The van der Waals surface area contributed by atoms with Gasteiger partial charge >= 0.3 is 0 Å². The number of nitrogens with one attached hydrogen (secondary N) is 1. The van der Waals surface area contributed by atoms with Crippen molar-refractivity contribution >= 4 is 26.7 Å². The molecule has 0 radical (unpaired) electrons. The van der Waals surface area contributed by atoms with Gasteiger partial charge in [0, 0.05) is 36.6 Å². The van der Waals surface area contributed by atoms with E-state index in [1.807, 2.05) is 47.4 Å². The third kappa shape index (κ3) is 5.44. The molecule has 1 aromatic carbocycles. The number of pyridine rings is 1. The number of fused-ring (bicyclic) bond motifs is 1. The van der Waals surface area contributed by atoms with Crippen molar-refractivity contribution in [3.05, 3.63) is 48.9 Å². The summed E-state index contributed by atoms with van der Waals surface area (Å²) in [5.74, 6) is 1.96. The molecular weight excluding hydrogens is 422 g/mol. The van der Waals surface area contributed by atoms with Crippen LogP contribution in [0.2, 0.25) is 0 Å². The molecule has 8 heteroatoms. The highest BCUT2D eigenvalue weighted by molar-refractivity contribution is 7.22. The molecule has 0 aliphatic rings. The lowest BCUT2D eigenvalue weighted by atomic mass is 10.0. The van der Waals surface area contributed by atoms with E-state index in [1.165, 1.54) is 0 Å². The SMILES string of the molecule is CCCn1cc(-c2cc(Oc3ccc4nc(N[C@@H](CO)CC(C)C)sc4c3)ccn2)cn1. The summed E-state index contributed by atoms with van der Waals surface area (Å²) in [7, 11) is 0. The quantitative estimate of drug-likeness (QED) is 0.328. The number of nitrogens with zero attached hydrogens (tertiary/aromatic N) is 4. The van der Waals surface area contributed by atoms with Crippen molar-refractivity contribution in [2.45, 2.75) is 46.2 Å². The van der Waals surface area contributed by atoms with Crippen molar-refractivity contribution in [2.75, 3.05) is 11.9 Å². The Kier molecular flexibility index (Phi) is 7.02. The normalized spacial score (nSPS) is 12.4. The highest BCUT2D eigenvalue weighted by Gasteiger charge is 2.13. The molecule has 7 nitrogen and oxygen atoms in total. The van der Waals surface area contributed by atoms with Crippen LogP contribution in [0, 0.1) is 5.92 Å². The third-order valence-electron chi connectivity index (χ3n) is 5.01. The van der Waals surface area contributed by atoms with Gasteiger partial charge in [0.15, 0.2) is 5.13 Å². The molecule has 0 saturated heterocycles. The number of aliphatic hydroxyl groups is 1. The number of rotatable bonds is 10. The molecule has 3 heterocycles. The summed E-state index contributed by atoms with van der Waals surface area (Å²) in [6, 6.07) is 9.65. The second kappa shape index (κ2) is 10.1. The van der Waals surface area contributed by atoms with Crippen LogP contribution in [0.5, 0.6) is 11.5 Å². The number of aryl methyl sites for hydroxylation is 1. The summed E-state index contributed by atoms with van der Waals surface area (Å²) >= 11 is 1.56. The number of benzene rings is 1. The van der Waals surface area contributed by atoms with Crippen LogP contribution in [0.15, 0.2) is 48.9 Å². The van der Waals surface area contributed by atoms with Gasteiger partial charge in [-0.1, -0.05) is 32.1 Å². The van der Waals surface area contributed by atoms with E-state index in [2.05, 4.69) is 41.2 Å². The smallest absolute Gasteiger partial charge is 0.184 e. The lowest BCUT2D eigenvalue weighted by Gasteiger charge is -2.17. The third-order valence-corrected chi connectivity index (χ3v) is 5.96. The van der Waals surface area contributed by atoms with E-state index in [4.69, 9.17) is 4.74 Å². The first-order valence-corrected chi connectivity index (χ1v) is 11.8. The van der Waals surface area contributed by atoms with Gasteiger partial charge in [-0.05, 0) is 37.0 Å². The second-order valence-corrected chi connectivity index (χ2v) is 9.30. The molecule has 3 aromatic heterocycles. The number of thiazole rings is 1. The molecule has 32 heavy (non-hydrogen) atoms. The minimum Gasteiger partial charge on any atom is -0.457 e. The molecule has 0 aliphatic carbocycles. The van der Waals surface area contributed by atoms with Crippen LogP contribution in [-0.4, -0.2) is 37.5 Å². The molecule has 0 fully saturated rings. The molecule has 4 aromatic rings. The minimum absolute atomic E-state index is 0.00297. The first-order chi connectivity index (χ1) is 15.5. The number of hydrogen-bond acceptors (Lipinski definition) is 7. The molecule has 0 aliphatic heterocycles. The average molecular weight is 452 g/mol. The number of hydrogen-bond donors (Lipinski definition) is 2. The van der Waals surface area contributed by atoms with Gasteiger partial charge < -0.3 is 15.2 Å². The lowest BCUT2D eigenvalue weighted by Crippen LogP contribution is -2.25. The highest BCUT2D eigenvalue weighted by Crippen LogP contribution is 2.32. The maximum Gasteiger partial charge on any atom is 0.184 e. The number of aliphatic hydroxyl groups excluding tert-OH is 1. The molecule has 0 spiro atoms. The molecule has 0 bridgehead atoms. The first-order valence-electron chi connectivity index (χ1n) is 11.0. The van der Waals surface area contributed by atoms with E-state index >= 15 is 0 Å². The fourth-order valence-corrected chi connectivity index (χ4v) is 4.54. The van der Waals surface area contributed by atoms with Crippen molar-refractivity contribution in [3.8, 4) is 22.8 Å². The maximum absolute atomic E-state index is 9.64. The Morgan fingerprint density at radius 2 is 2.03 bits per heavy atom. The fraction of sp³-hybridized carbons (Fsp3) is 0.375. The largest absolute Gasteiger partial charge is 0.457 e. The zero-order valence-electron chi connectivity index (χ0n) is 18.7. The topological polar surface area (TPSA) is 85.1 Å². The van der Waals surface area contributed by atoms with Crippen LogP contribution < -0.4 is 10.1 Å². The van der Waals surface area contributed by atoms with Gasteiger partial charge in [-0.15, -0.1) is 0 Å². The van der Waals surface area contributed by atoms with E-state index in [-0.39, 0.29) is 12.6 Å². The van der Waals surface area contributed by atoms with E-state index < -0.39 is 0 Å². The molecule has 1 atom stereocenters. The zero-order valence-corrected chi connectivity index (χ0v) is 19.5. The van der Waals surface area contributed by atoms with Crippen LogP contribution in [-0.2, 0) is 6.54 Å². The van der Waals surface area contributed by atoms with Crippen molar-refractivity contribution in [1.82, 2.24) is 19.7 Å². The van der Waals surface area contributed by atoms with Gasteiger partial charge in [0.05, 0.1) is 34.8 Å². The van der Waals surface area contributed by atoms with Crippen LogP contribution >= 0.6 is 11.3 Å². The standard InChI is InChI=1S/C24H29N5O2S/c1-4-9-29-14-17(13-26-29)22-11-20(7-8-25-22)31-19-5-6-21-23(12-19)32-24(28-21)27-18(15-30)10-16(2)3/h5-8,11-14,16,18,30H,4,9-10,15H2,1-3H3,(H,27,28)/t18-/m1/s1. The Morgan fingerprint density at radius 3 is 2.81 bits per heavy atom. The first kappa shape index (κ1) is 22.2. The van der Waals surface area contributed by atoms with Gasteiger partial charge in [0.2, 0.25) is 0 Å². The van der Waals surface area contributed by atoms with Gasteiger partial charge in [-0.2, -0.15) is 5.10 Å². The highest BCUT2D eigenvalue weighted by atomic mass is 32.1. The van der Waals surface area contributed by atoms with Crippen LogP contribution in [0.3, 0.4) is 0 Å². The molecule has 0 amide bonds. The van der Waals surface area contributed by atoms with E-state index in [9.17, 15) is 5.11 Å². The fourth-order valence-electron chi connectivity index (χ4n) is 3.57. The summed E-state index contributed by atoms with van der Waals surface area (Å²) in [5, 5.41) is 18.2. The molecular formula is C24H29N5O2S. The maximum atomic E-state index is 9.64. The lowest BCUT2D eigenvalue weighted by molar-refractivity contribution is 0.259. The van der Waals surface area contributed by atoms with Crippen LogP contribution in [0.4, 0.5) is 5.13 Å². The Balaban J connectivity index is 1.49. The molecule has 0 unspecified atom stereocenters. The number of ether oxygens (including phenoxy) is 1. The molecule has 4 rings (SSSR count). The van der Waals surface area contributed by atoms with Gasteiger partial charge in [-0.25, -0.2) is 4.98 Å². The summed E-state index contributed by atoms with van der Waals surface area (Å²) in [5.41, 5.74) is 2.71. The Labute approximate surface area is 192 Å². The molecule has 168 valence electrons. The summed E-state index contributed by atoms with van der Waals surface area (Å²) in [6.45, 7) is 7.40. The van der Waals surface area contributed by atoms with E-state index in [0.29, 0.717) is 5.92 Å². The summed E-state index contributed by atoms with van der Waals surface area (Å²) in [6.07, 6.45) is 7.51. The van der Waals surface area contributed by atoms with Crippen molar-refractivity contribution in [1.29, 1.82) is 0 Å². The van der Waals surface area contributed by atoms with Gasteiger partial charge in [-0.3, -0.25) is 9.67 Å². The Bertz CT molecular complexity index is 1170. The van der Waals surface area contributed by atoms with Crippen LogP contribution in [0.1, 0.15) is 33.6 Å². The van der Waals surface area contributed by atoms with Crippen molar-refractivity contribution in [3.63, 3.8) is 0 Å². The Hall–Kier alpha value is -2.97. The summed E-state index contributed by atoms with van der Waals surface area (Å²) < 4.78 is 9.07.